The summed E-state index contributed by atoms with van der Waals surface area (Å²) in [7, 11) is 0. The molecule has 3 aromatic rings. The summed E-state index contributed by atoms with van der Waals surface area (Å²) in [6, 6.07) is 13.5. The Bertz CT molecular complexity index is 1390. The van der Waals surface area contributed by atoms with E-state index < -0.39 is 17.6 Å². The van der Waals surface area contributed by atoms with Crippen LogP contribution in [0.2, 0.25) is 20.1 Å². The molecular formula is C24H13Cl4FN2O3S. The van der Waals surface area contributed by atoms with Crippen LogP contribution in [-0.2, 0) is 16.2 Å². The van der Waals surface area contributed by atoms with E-state index in [4.69, 9.17) is 63.4 Å². The molecule has 1 aliphatic heterocycles. The maximum atomic E-state index is 14.3. The van der Waals surface area contributed by atoms with Crippen molar-refractivity contribution in [3.8, 4) is 5.75 Å². The molecule has 35 heavy (non-hydrogen) atoms. The number of halogens is 5. The summed E-state index contributed by atoms with van der Waals surface area (Å²) < 4.78 is 20.1. The minimum absolute atomic E-state index is 0.0752. The van der Waals surface area contributed by atoms with Gasteiger partial charge in [0.25, 0.3) is 11.8 Å². The maximum Gasteiger partial charge on any atom is 0.270 e. The minimum Gasteiger partial charge on any atom is -0.486 e. The van der Waals surface area contributed by atoms with E-state index in [1.807, 2.05) is 0 Å². The van der Waals surface area contributed by atoms with Crippen molar-refractivity contribution in [3.05, 3.63) is 97.2 Å². The quantitative estimate of drug-likeness (QED) is 0.207. The van der Waals surface area contributed by atoms with Crippen LogP contribution >= 0.6 is 58.6 Å². The first-order chi connectivity index (χ1) is 16.7. The molecule has 1 saturated heterocycles. The number of carbonyl (C=O) groups excluding carboxylic acids is 2. The fourth-order valence-corrected chi connectivity index (χ4v) is 4.62. The first kappa shape index (κ1) is 25.4. The Kier molecular flexibility index (Phi) is 7.64. The van der Waals surface area contributed by atoms with Crippen LogP contribution in [0.5, 0.6) is 5.75 Å². The number of benzene rings is 3. The Morgan fingerprint density at radius 1 is 0.971 bits per heavy atom. The van der Waals surface area contributed by atoms with Crippen molar-refractivity contribution in [2.45, 2.75) is 6.61 Å². The molecule has 178 valence electrons. The first-order valence-electron chi connectivity index (χ1n) is 9.87. The van der Waals surface area contributed by atoms with E-state index in [-0.39, 0.29) is 38.8 Å². The topological polar surface area (TPSA) is 58.6 Å². The molecule has 2 amide bonds. The van der Waals surface area contributed by atoms with Gasteiger partial charge in [-0.15, -0.1) is 0 Å². The zero-order chi connectivity index (χ0) is 25.3. The van der Waals surface area contributed by atoms with E-state index in [1.54, 1.807) is 24.3 Å². The van der Waals surface area contributed by atoms with Crippen molar-refractivity contribution in [1.82, 2.24) is 5.32 Å². The van der Waals surface area contributed by atoms with Crippen molar-refractivity contribution >= 4 is 87.3 Å². The molecule has 1 aliphatic rings. The fraction of sp³-hybridized carbons (Fsp3) is 0.0417. The summed E-state index contributed by atoms with van der Waals surface area (Å²) >= 11 is 29.9. The normalized spacial score (nSPS) is 14.9. The minimum atomic E-state index is -0.797. The Labute approximate surface area is 225 Å². The standard InChI is InChI=1S/C24H13Cl4FN2O3S/c25-14-6-5-13(16(26)10-14)11-34-21-17(27)8-12(9-18(21)28)7-15-22(32)30-24(35)31(23(15)33)20-4-2-1-3-19(20)29/h1-10H,11H2,(H,30,32,35)/b15-7+. The highest BCUT2D eigenvalue weighted by Crippen LogP contribution is 2.36. The van der Waals surface area contributed by atoms with E-state index in [9.17, 15) is 14.0 Å². The van der Waals surface area contributed by atoms with Crippen LogP contribution in [0.15, 0.2) is 60.2 Å². The molecule has 0 bridgehead atoms. The predicted molar refractivity (Wildman–Crippen MR) is 140 cm³/mol. The predicted octanol–water partition coefficient (Wildman–Crippen LogP) is 6.85. The SMILES string of the molecule is O=C1NC(=S)N(c2ccccc2F)C(=O)/C1=C/c1cc(Cl)c(OCc2ccc(Cl)cc2Cl)c(Cl)c1. The smallest absolute Gasteiger partial charge is 0.270 e. The van der Waals surface area contributed by atoms with Crippen LogP contribution in [-0.4, -0.2) is 16.9 Å². The third-order valence-corrected chi connectivity index (χ3v) is 6.35. The molecule has 0 radical (unpaired) electrons. The second kappa shape index (κ2) is 10.5. The summed E-state index contributed by atoms with van der Waals surface area (Å²) in [5, 5.41) is 3.35. The lowest BCUT2D eigenvalue weighted by atomic mass is 10.1. The van der Waals surface area contributed by atoms with Crippen molar-refractivity contribution < 1.29 is 18.7 Å². The molecule has 4 rings (SSSR count). The lowest BCUT2D eigenvalue weighted by molar-refractivity contribution is -0.122. The average molecular weight is 570 g/mol. The van der Waals surface area contributed by atoms with Crippen LogP contribution in [0.1, 0.15) is 11.1 Å². The number of hydrogen-bond donors (Lipinski definition) is 1. The van der Waals surface area contributed by atoms with Gasteiger partial charge in [0.15, 0.2) is 10.9 Å². The third-order valence-electron chi connectivity index (χ3n) is 4.91. The number of anilines is 1. The van der Waals surface area contributed by atoms with E-state index in [1.165, 1.54) is 36.4 Å². The lowest BCUT2D eigenvalue weighted by Gasteiger charge is -2.29. The number of hydrogen-bond acceptors (Lipinski definition) is 4. The van der Waals surface area contributed by atoms with Gasteiger partial charge in [-0.05, 0) is 60.3 Å². The number of nitrogens with zero attached hydrogens (tertiary/aromatic N) is 1. The van der Waals surface area contributed by atoms with Gasteiger partial charge in [-0.1, -0.05) is 64.6 Å². The Hall–Kier alpha value is -2.68. The Morgan fingerprint density at radius 2 is 1.66 bits per heavy atom. The number of thiocarbonyl (C=S) groups is 1. The summed E-state index contributed by atoms with van der Waals surface area (Å²) in [4.78, 5) is 26.5. The second-order valence-electron chi connectivity index (χ2n) is 7.25. The van der Waals surface area contributed by atoms with Crippen molar-refractivity contribution in [2.75, 3.05) is 4.90 Å². The molecule has 1 N–H and O–H groups in total. The monoisotopic (exact) mass is 568 g/mol. The van der Waals surface area contributed by atoms with Crippen LogP contribution in [0, 0.1) is 5.82 Å². The molecule has 0 spiro atoms. The van der Waals surface area contributed by atoms with E-state index in [0.29, 0.717) is 21.2 Å². The molecule has 1 heterocycles. The average Bonchev–Trinajstić information content (AvgIpc) is 2.78. The molecule has 0 saturated carbocycles. The number of rotatable bonds is 5. The van der Waals surface area contributed by atoms with E-state index in [0.717, 1.165) is 4.90 Å². The summed E-state index contributed by atoms with van der Waals surface area (Å²) in [5.74, 6) is -2.02. The van der Waals surface area contributed by atoms with Gasteiger partial charge in [0, 0.05) is 15.6 Å². The largest absolute Gasteiger partial charge is 0.486 e. The highest BCUT2D eigenvalue weighted by molar-refractivity contribution is 7.80. The molecule has 5 nitrogen and oxygen atoms in total. The number of carbonyl (C=O) groups is 2. The molecule has 11 heteroatoms. The number of para-hydroxylation sites is 1. The second-order valence-corrected chi connectivity index (χ2v) is 9.29. The summed E-state index contributed by atoms with van der Waals surface area (Å²) in [6.45, 7) is 0.0752. The molecule has 0 atom stereocenters. The zero-order valence-electron chi connectivity index (χ0n) is 17.5. The third kappa shape index (κ3) is 5.44. The first-order valence-corrected chi connectivity index (χ1v) is 11.8. The van der Waals surface area contributed by atoms with Gasteiger partial charge in [-0.3, -0.25) is 14.9 Å². The molecule has 0 aromatic heterocycles. The van der Waals surface area contributed by atoms with Crippen LogP contribution in [0.3, 0.4) is 0 Å². The lowest BCUT2D eigenvalue weighted by Crippen LogP contribution is -2.54. The van der Waals surface area contributed by atoms with Crippen molar-refractivity contribution in [1.29, 1.82) is 0 Å². The number of ether oxygens (including phenoxy) is 1. The van der Waals surface area contributed by atoms with Gasteiger partial charge in [-0.2, -0.15) is 0 Å². The molecule has 0 unspecified atom stereocenters. The van der Waals surface area contributed by atoms with Crippen LogP contribution < -0.4 is 15.0 Å². The number of amides is 2. The molecule has 3 aromatic carbocycles. The van der Waals surface area contributed by atoms with Gasteiger partial charge < -0.3 is 4.74 Å². The van der Waals surface area contributed by atoms with Crippen molar-refractivity contribution in [2.24, 2.45) is 0 Å². The highest BCUT2D eigenvalue weighted by atomic mass is 35.5. The fourth-order valence-electron chi connectivity index (χ4n) is 3.27. The van der Waals surface area contributed by atoms with E-state index in [2.05, 4.69) is 5.32 Å². The van der Waals surface area contributed by atoms with Gasteiger partial charge in [0.2, 0.25) is 0 Å². The molecular weight excluding hydrogens is 557 g/mol. The van der Waals surface area contributed by atoms with Gasteiger partial charge in [0.05, 0.1) is 15.7 Å². The van der Waals surface area contributed by atoms with Crippen LogP contribution in [0.25, 0.3) is 6.08 Å². The van der Waals surface area contributed by atoms with E-state index >= 15 is 0 Å². The number of nitrogens with one attached hydrogen (secondary N) is 1. The highest BCUT2D eigenvalue weighted by Gasteiger charge is 2.35. The maximum absolute atomic E-state index is 14.3. The van der Waals surface area contributed by atoms with Crippen LogP contribution in [0.4, 0.5) is 10.1 Å². The van der Waals surface area contributed by atoms with Gasteiger partial charge in [-0.25, -0.2) is 9.29 Å². The zero-order valence-corrected chi connectivity index (χ0v) is 21.3. The molecule has 0 aliphatic carbocycles. The van der Waals surface area contributed by atoms with Gasteiger partial charge >= 0.3 is 0 Å². The Morgan fingerprint density at radius 3 is 2.31 bits per heavy atom. The molecule has 1 fully saturated rings. The van der Waals surface area contributed by atoms with Crippen molar-refractivity contribution in [3.63, 3.8) is 0 Å². The Balaban J connectivity index is 1.62. The van der Waals surface area contributed by atoms with Gasteiger partial charge in [0.1, 0.15) is 18.0 Å². The summed E-state index contributed by atoms with van der Waals surface area (Å²) in [6.07, 6.45) is 1.28. The summed E-state index contributed by atoms with van der Waals surface area (Å²) in [5.41, 5.74) is 0.643.